The van der Waals surface area contributed by atoms with Gasteiger partial charge in [0.15, 0.2) is 5.82 Å². The molecular weight excluding hydrogens is 571 g/mol. The molecule has 4 nitrogen and oxygen atoms in total. The monoisotopic (exact) mass is 595 g/mol. The molecule has 45 heavy (non-hydrogen) atoms. The van der Waals surface area contributed by atoms with Gasteiger partial charge in [-0.25, -0.2) is 9.97 Å². The molecule has 5 aromatic carbocycles. The minimum atomic E-state index is -0.214. The molecule has 10 rings (SSSR count). The van der Waals surface area contributed by atoms with Crippen LogP contribution in [-0.2, 0) is 5.41 Å². The lowest BCUT2D eigenvalue weighted by atomic mass is 9.71. The van der Waals surface area contributed by atoms with E-state index >= 15 is 0 Å². The van der Waals surface area contributed by atoms with Crippen molar-refractivity contribution in [1.82, 2.24) is 15.0 Å². The zero-order valence-corrected chi connectivity index (χ0v) is 25.4. The van der Waals surface area contributed by atoms with E-state index in [0.29, 0.717) is 5.82 Å². The van der Waals surface area contributed by atoms with Gasteiger partial charge in [-0.1, -0.05) is 92.7 Å². The van der Waals surface area contributed by atoms with Crippen molar-refractivity contribution in [2.75, 3.05) is 0 Å². The van der Waals surface area contributed by atoms with Gasteiger partial charge in [-0.05, 0) is 46.8 Å². The second kappa shape index (κ2) is 8.84. The fourth-order valence-corrected chi connectivity index (χ4v) is 8.49. The number of nitrogens with zero attached hydrogens (tertiary/aromatic N) is 3. The van der Waals surface area contributed by atoms with Gasteiger partial charge in [0.1, 0.15) is 11.2 Å². The smallest absolute Gasteiger partial charge is 0.160 e. The van der Waals surface area contributed by atoms with Crippen LogP contribution in [0.3, 0.4) is 0 Å². The highest BCUT2D eigenvalue weighted by molar-refractivity contribution is 7.26. The van der Waals surface area contributed by atoms with Crippen molar-refractivity contribution in [3.05, 3.63) is 127 Å². The minimum absolute atomic E-state index is 0.214. The first kappa shape index (κ1) is 25.0. The Morgan fingerprint density at radius 1 is 0.667 bits per heavy atom. The van der Waals surface area contributed by atoms with Crippen LogP contribution in [0.2, 0.25) is 0 Å². The van der Waals surface area contributed by atoms with Crippen molar-refractivity contribution < 1.29 is 4.42 Å². The summed E-state index contributed by atoms with van der Waals surface area (Å²) in [6, 6.07) is 38.4. The van der Waals surface area contributed by atoms with Crippen molar-refractivity contribution in [1.29, 1.82) is 0 Å². The second-order valence-corrected chi connectivity index (χ2v) is 13.5. The van der Waals surface area contributed by atoms with E-state index in [-0.39, 0.29) is 5.41 Å². The van der Waals surface area contributed by atoms with Gasteiger partial charge in [0.05, 0.1) is 21.6 Å². The van der Waals surface area contributed by atoms with Crippen LogP contribution in [-0.4, -0.2) is 15.0 Å². The molecule has 0 fully saturated rings. The van der Waals surface area contributed by atoms with Crippen LogP contribution >= 0.6 is 11.3 Å². The van der Waals surface area contributed by atoms with Gasteiger partial charge in [0, 0.05) is 54.5 Å². The number of furan rings is 1. The Hall–Kier alpha value is -5.39. The number of thiophene rings is 1. The molecule has 1 aliphatic rings. The van der Waals surface area contributed by atoms with Crippen molar-refractivity contribution in [2.24, 2.45) is 0 Å². The minimum Gasteiger partial charge on any atom is -0.455 e. The molecule has 0 bridgehead atoms. The number of rotatable bonds is 2. The molecule has 4 heterocycles. The maximum Gasteiger partial charge on any atom is 0.160 e. The van der Waals surface area contributed by atoms with Crippen molar-refractivity contribution >= 4 is 64.4 Å². The van der Waals surface area contributed by atoms with Gasteiger partial charge in [0.2, 0.25) is 0 Å². The Kier molecular flexibility index (Phi) is 4.91. The van der Waals surface area contributed by atoms with Crippen LogP contribution in [0, 0.1) is 0 Å². The van der Waals surface area contributed by atoms with Gasteiger partial charge >= 0.3 is 0 Å². The van der Waals surface area contributed by atoms with Gasteiger partial charge in [0.25, 0.3) is 0 Å². The van der Waals surface area contributed by atoms with E-state index in [2.05, 4.69) is 111 Å². The van der Waals surface area contributed by atoms with Gasteiger partial charge in [-0.2, -0.15) is 0 Å². The average Bonchev–Trinajstić information content (AvgIpc) is 3.65. The van der Waals surface area contributed by atoms with Gasteiger partial charge in [-0.15, -0.1) is 11.3 Å². The molecular formula is C40H25N3OS. The zero-order valence-electron chi connectivity index (χ0n) is 24.6. The summed E-state index contributed by atoms with van der Waals surface area (Å²) in [5, 5.41) is 5.73. The third-order valence-corrected chi connectivity index (χ3v) is 10.7. The first-order valence-electron chi connectivity index (χ1n) is 15.2. The Morgan fingerprint density at radius 2 is 1.51 bits per heavy atom. The van der Waals surface area contributed by atoms with Gasteiger partial charge in [-0.3, -0.25) is 4.98 Å². The van der Waals surface area contributed by atoms with Gasteiger partial charge < -0.3 is 4.42 Å². The summed E-state index contributed by atoms with van der Waals surface area (Å²) in [4.78, 5) is 15.2. The Bertz CT molecular complexity index is 2680. The maximum absolute atomic E-state index is 6.75. The third kappa shape index (κ3) is 3.39. The van der Waals surface area contributed by atoms with Crippen LogP contribution < -0.4 is 0 Å². The molecule has 4 aromatic heterocycles. The highest BCUT2D eigenvalue weighted by atomic mass is 32.1. The molecule has 0 aliphatic heterocycles. The molecule has 1 aliphatic carbocycles. The van der Waals surface area contributed by atoms with E-state index in [0.717, 1.165) is 65.4 Å². The number of pyridine rings is 1. The second-order valence-electron chi connectivity index (χ2n) is 12.4. The first-order chi connectivity index (χ1) is 22.1. The number of benzene rings is 5. The zero-order chi connectivity index (χ0) is 29.9. The number of fused-ring (bicyclic) bond motifs is 9. The fraction of sp³-hybridized carbons (Fsp3) is 0.0750. The molecule has 0 unspecified atom stereocenters. The molecule has 0 N–H and O–H groups in total. The summed E-state index contributed by atoms with van der Waals surface area (Å²) in [5.41, 5.74) is 10.3. The molecule has 0 amide bonds. The molecule has 5 heteroatoms. The Labute approximate surface area is 262 Å². The Balaban J connectivity index is 1.24. The van der Waals surface area contributed by atoms with Crippen LogP contribution in [0.5, 0.6) is 0 Å². The maximum atomic E-state index is 6.75. The first-order valence-corrected chi connectivity index (χ1v) is 16.0. The summed E-state index contributed by atoms with van der Waals surface area (Å²) in [6.07, 6.45) is 1.90. The molecule has 0 radical (unpaired) electrons. The number of hydrogen-bond acceptors (Lipinski definition) is 5. The normalized spacial score (nSPS) is 13.7. The molecule has 9 aromatic rings. The summed E-state index contributed by atoms with van der Waals surface area (Å²) in [6.45, 7) is 4.53. The van der Waals surface area contributed by atoms with E-state index in [1.165, 1.54) is 26.8 Å². The van der Waals surface area contributed by atoms with Crippen LogP contribution in [0.4, 0.5) is 0 Å². The lowest BCUT2D eigenvalue weighted by Crippen LogP contribution is -2.25. The lowest BCUT2D eigenvalue weighted by Gasteiger charge is -2.33. The van der Waals surface area contributed by atoms with Crippen molar-refractivity contribution in [2.45, 2.75) is 19.3 Å². The van der Waals surface area contributed by atoms with Crippen LogP contribution in [0.25, 0.3) is 86.8 Å². The summed E-state index contributed by atoms with van der Waals surface area (Å²) in [5.74, 6) is 0.694. The highest BCUT2D eigenvalue weighted by Crippen LogP contribution is 2.50. The fourth-order valence-electron chi connectivity index (χ4n) is 7.34. The van der Waals surface area contributed by atoms with E-state index < -0.39 is 0 Å². The topological polar surface area (TPSA) is 51.8 Å². The Morgan fingerprint density at radius 3 is 2.42 bits per heavy atom. The average molecular weight is 596 g/mol. The number of aromatic nitrogens is 3. The van der Waals surface area contributed by atoms with E-state index in [1.807, 2.05) is 18.3 Å². The standard InChI is InChI=1S/C40H25N3OS/c1-40(2)30-15-8-13-27-33(30)28(25-14-9-19-41-38(25)40)21-29-24-18-17-23(20-31(24)44-36(27)29)39-42-34(22-10-4-3-5-11-22)37-35(43-39)26-12-6-7-16-32(26)45-37/h3-21H,1-2H3. The molecule has 0 saturated heterocycles. The lowest BCUT2D eigenvalue weighted by molar-refractivity contribution is 0.620. The molecule has 212 valence electrons. The van der Waals surface area contributed by atoms with Crippen molar-refractivity contribution in [3.8, 4) is 33.8 Å². The van der Waals surface area contributed by atoms with Crippen LogP contribution in [0.15, 0.2) is 120 Å². The van der Waals surface area contributed by atoms with Crippen LogP contribution in [0.1, 0.15) is 25.1 Å². The SMILES string of the molecule is CC1(C)c2ncccc2-c2cc3c4ccc(-c5nc(-c6ccccc6)c6sc7ccccc7c6n5)cc4oc3c3cccc1c23. The predicted molar refractivity (Wildman–Crippen MR) is 186 cm³/mol. The molecule has 0 atom stereocenters. The highest BCUT2D eigenvalue weighted by Gasteiger charge is 2.35. The molecule has 0 spiro atoms. The summed E-state index contributed by atoms with van der Waals surface area (Å²) in [7, 11) is 0. The van der Waals surface area contributed by atoms with E-state index in [4.69, 9.17) is 19.4 Å². The largest absolute Gasteiger partial charge is 0.455 e. The van der Waals surface area contributed by atoms with Crippen molar-refractivity contribution in [3.63, 3.8) is 0 Å². The quantitative estimate of drug-likeness (QED) is 0.199. The summed E-state index contributed by atoms with van der Waals surface area (Å²) >= 11 is 1.75. The molecule has 0 saturated carbocycles. The predicted octanol–water partition coefficient (Wildman–Crippen LogP) is 10.9. The third-order valence-electron chi connectivity index (χ3n) is 9.48. The van der Waals surface area contributed by atoms with E-state index in [9.17, 15) is 0 Å². The number of hydrogen-bond donors (Lipinski definition) is 0. The van der Waals surface area contributed by atoms with E-state index in [1.54, 1.807) is 11.3 Å². The summed E-state index contributed by atoms with van der Waals surface area (Å²) < 4.78 is 9.07.